The first-order chi connectivity index (χ1) is 4.22. The number of rotatable bonds is 0. The minimum Gasteiger partial charge on any atom is -0.389 e. The van der Waals surface area contributed by atoms with Crippen molar-refractivity contribution in [2.45, 2.75) is 16.1 Å². The first-order valence-corrected chi connectivity index (χ1v) is 4.04. The highest BCUT2D eigenvalue weighted by Crippen LogP contribution is 2.15. The molecule has 0 amide bonds. The zero-order valence-electron chi connectivity index (χ0n) is 4.83. The summed E-state index contributed by atoms with van der Waals surface area (Å²) in [6, 6.07) is 0. The lowest BCUT2D eigenvalue weighted by molar-refractivity contribution is -0.0774. The third-order valence-electron chi connectivity index (χ3n) is 1.33. The Kier molecular flexibility index (Phi) is 2.69. The first kappa shape index (κ1) is 7.71. The summed E-state index contributed by atoms with van der Waals surface area (Å²) in [5.74, 6) is 0. The Bertz CT molecular complexity index is 88.2. The van der Waals surface area contributed by atoms with E-state index in [-0.39, 0.29) is 10.5 Å². The van der Waals surface area contributed by atoms with E-state index in [1.54, 1.807) is 0 Å². The minimum absolute atomic E-state index is 0.0337. The van der Waals surface area contributed by atoms with Crippen molar-refractivity contribution >= 4 is 22.6 Å². The van der Waals surface area contributed by atoms with Crippen LogP contribution in [-0.4, -0.2) is 39.6 Å². The predicted octanol–water partition coefficient (Wildman–Crippen LogP) is -0.458. The molecule has 2 N–H and O–H groups in total. The maximum Gasteiger partial charge on any atom is 0.104 e. The van der Waals surface area contributed by atoms with Crippen LogP contribution in [0.3, 0.4) is 0 Å². The lowest BCUT2D eigenvalue weighted by Gasteiger charge is -2.27. The van der Waals surface area contributed by atoms with Crippen LogP contribution in [0.4, 0.5) is 0 Å². The highest BCUT2D eigenvalue weighted by molar-refractivity contribution is 14.1. The average molecular weight is 244 g/mol. The van der Waals surface area contributed by atoms with Gasteiger partial charge in [-0.25, -0.2) is 0 Å². The fourth-order valence-electron chi connectivity index (χ4n) is 0.740. The van der Waals surface area contributed by atoms with E-state index in [2.05, 4.69) is 22.6 Å². The van der Waals surface area contributed by atoms with Crippen LogP contribution in [0.2, 0.25) is 0 Å². The Morgan fingerprint density at radius 1 is 1.33 bits per heavy atom. The van der Waals surface area contributed by atoms with Crippen molar-refractivity contribution < 1.29 is 14.9 Å². The number of aliphatic hydroxyl groups excluding tert-OH is 2. The number of halogens is 1. The van der Waals surface area contributed by atoms with Gasteiger partial charge in [-0.05, 0) is 0 Å². The lowest BCUT2D eigenvalue weighted by Crippen LogP contribution is -2.44. The smallest absolute Gasteiger partial charge is 0.104 e. The molecule has 1 rings (SSSR count). The van der Waals surface area contributed by atoms with Gasteiger partial charge in [0.15, 0.2) is 0 Å². The topological polar surface area (TPSA) is 49.7 Å². The normalized spacial score (nSPS) is 45.0. The third-order valence-corrected chi connectivity index (χ3v) is 2.43. The molecule has 0 aromatic heterocycles. The Hall–Kier alpha value is 0.610. The molecule has 9 heavy (non-hydrogen) atoms. The van der Waals surface area contributed by atoms with Crippen molar-refractivity contribution in [2.24, 2.45) is 0 Å². The second kappa shape index (κ2) is 3.14. The molecule has 0 bridgehead atoms. The Balaban J connectivity index is 2.41. The van der Waals surface area contributed by atoms with Crippen LogP contribution in [0.5, 0.6) is 0 Å². The van der Waals surface area contributed by atoms with Gasteiger partial charge >= 0.3 is 0 Å². The van der Waals surface area contributed by atoms with Crippen molar-refractivity contribution in [3.8, 4) is 0 Å². The second-order valence-corrected chi connectivity index (χ2v) is 3.71. The van der Waals surface area contributed by atoms with Gasteiger partial charge in [0.25, 0.3) is 0 Å². The molecule has 54 valence electrons. The third kappa shape index (κ3) is 1.76. The van der Waals surface area contributed by atoms with Crippen molar-refractivity contribution in [1.29, 1.82) is 0 Å². The molecule has 1 saturated heterocycles. The fourth-order valence-corrected chi connectivity index (χ4v) is 1.47. The Morgan fingerprint density at radius 3 is 2.44 bits per heavy atom. The summed E-state index contributed by atoms with van der Waals surface area (Å²) in [5, 5.41) is 18.1. The molecule has 0 radical (unpaired) electrons. The fraction of sp³-hybridized carbons (Fsp3) is 1.00. The lowest BCUT2D eigenvalue weighted by atomic mass is 10.1. The molecule has 4 heteroatoms. The second-order valence-electron chi connectivity index (χ2n) is 2.11. The van der Waals surface area contributed by atoms with Crippen LogP contribution in [0.15, 0.2) is 0 Å². The standard InChI is InChI=1S/C5H9IO3/c6-3-1-9-2-4(7)5(3)8/h3-5,7-8H,1-2H2/t3-,4+,5+/m0/s1. The maximum absolute atomic E-state index is 9.11. The molecule has 1 aliphatic rings. The zero-order chi connectivity index (χ0) is 6.85. The summed E-state index contributed by atoms with van der Waals surface area (Å²) >= 11 is 2.06. The first-order valence-electron chi connectivity index (χ1n) is 2.80. The largest absolute Gasteiger partial charge is 0.389 e. The summed E-state index contributed by atoms with van der Waals surface area (Å²) < 4.78 is 4.98. The Morgan fingerprint density at radius 2 is 2.00 bits per heavy atom. The van der Waals surface area contributed by atoms with E-state index in [0.29, 0.717) is 6.61 Å². The predicted molar refractivity (Wildman–Crippen MR) is 40.6 cm³/mol. The summed E-state index contributed by atoms with van der Waals surface area (Å²) in [7, 11) is 0. The van der Waals surface area contributed by atoms with E-state index in [1.165, 1.54) is 0 Å². The molecule has 0 aromatic carbocycles. The minimum atomic E-state index is -0.694. The average Bonchev–Trinajstić information content (AvgIpc) is 1.83. The van der Waals surface area contributed by atoms with Gasteiger partial charge in [-0.3, -0.25) is 0 Å². The molecule has 3 nitrogen and oxygen atoms in total. The molecular weight excluding hydrogens is 235 g/mol. The molecular formula is C5H9IO3. The van der Waals surface area contributed by atoms with Crippen molar-refractivity contribution in [1.82, 2.24) is 0 Å². The zero-order valence-corrected chi connectivity index (χ0v) is 6.98. The summed E-state index contributed by atoms with van der Waals surface area (Å²) in [4.78, 5) is 0. The van der Waals surface area contributed by atoms with Gasteiger partial charge in [0.2, 0.25) is 0 Å². The molecule has 1 aliphatic heterocycles. The molecule has 0 aliphatic carbocycles. The molecule has 0 saturated carbocycles. The number of aliphatic hydroxyl groups is 2. The van der Waals surface area contributed by atoms with E-state index in [1.807, 2.05) is 0 Å². The number of ether oxygens (including phenoxy) is 1. The highest BCUT2D eigenvalue weighted by atomic mass is 127. The van der Waals surface area contributed by atoms with Crippen LogP contribution in [0, 0.1) is 0 Å². The van der Waals surface area contributed by atoms with E-state index in [4.69, 9.17) is 14.9 Å². The van der Waals surface area contributed by atoms with Crippen LogP contribution >= 0.6 is 22.6 Å². The molecule has 3 atom stereocenters. The Labute approximate surface area is 67.2 Å². The molecule has 0 spiro atoms. The van der Waals surface area contributed by atoms with Crippen LogP contribution < -0.4 is 0 Å². The molecule has 1 heterocycles. The van der Waals surface area contributed by atoms with Gasteiger partial charge in [0, 0.05) is 0 Å². The van der Waals surface area contributed by atoms with Crippen LogP contribution in [0.1, 0.15) is 0 Å². The molecule has 0 unspecified atom stereocenters. The summed E-state index contributed by atoms with van der Waals surface area (Å²) in [6.45, 7) is 0.805. The van der Waals surface area contributed by atoms with Crippen LogP contribution in [-0.2, 0) is 4.74 Å². The van der Waals surface area contributed by atoms with Gasteiger partial charge in [0.05, 0.1) is 23.2 Å². The summed E-state index contributed by atoms with van der Waals surface area (Å²) in [5.41, 5.74) is 0. The quantitative estimate of drug-likeness (QED) is 0.448. The molecule has 0 aromatic rings. The number of hydrogen-bond acceptors (Lipinski definition) is 3. The van der Waals surface area contributed by atoms with Crippen LogP contribution in [0.25, 0.3) is 0 Å². The number of hydrogen-bond donors (Lipinski definition) is 2. The highest BCUT2D eigenvalue weighted by Gasteiger charge is 2.28. The van der Waals surface area contributed by atoms with E-state index in [9.17, 15) is 0 Å². The molecule has 1 fully saturated rings. The van der Waals surface area contributed by atoms with Gasteiger partial charge in [-0.15, -0.1) is 0 Å². The van der Waals surface area contributed by atoms with Gasteiger partial charge in [0.1, 0.15) is 6.10 Å². The SMILES string of the molecule is O[C@H]1[C@H](O)COC[C@@H]1I. The van der Waals surface area contributed by atoms with Gasteiger partial charge < -0.3 is 14.9 Å². The summed E-state index contributed by atoms with van der Waals surface area (Å²) in [6.07, 6.45) is -1.31. The van der Waals surface area contributed by atoms with Crippen molar-refractivity contribution in [3.63, 3.8) is 0 Å². The van der Waals surface area contributed by atoms with E-state index < -0.39 is 12.2 Å². The van der Waals surface area contributed by atoms with E-state index >= 15 is 0 Å². The van der Waals surface area contributed by atoms with Crippen molar-refractivity contribution in [2.75, 3.05) is 13.2 Å². The van der Waals surface area contributed by atoms with E-state index in [0.717, 1.165) is 0 Å². The maximum atomic E-state index is 9.11. The van der Waals surface area contributed by atoms with Gasteiger partial charge in [-0.2, -0.15) is 0 Å². The monoisotopic (exact) mass is 244 g/mol. The van der Waals surface area contributed by atoms with Gasteiger partial charge in [-0.1, -0.05) is 22.6 Å². The van der Waals surface area contributed by atoms with Crippen molar-refractivity contribution in [3.05, 3.63) is 0 Å². The number of alkyl halides is 1.